The van der Waals surface area contributed by atoms with E-state index in [0.717, 1.165) is 0 Å². The summed E-state index contributed by atoms with van der Waals surface area (Å²) >= 11 is 0. The molecule has 1 aliphatic heterocycles. The standard InChI is InChI=1S/C27H28N2O6/c1-32-20-13-18(14-21(15-20)33-2)28-26(30)24-16-22(35-19-9-5-4-6-10-19)17-29(24)27(31)23-11-7-8-12-25(23)34-3/h4-15,22,24H,16-17H2,1-3H3,(H,28,30). The molecular weight excluding hydrogens is 448 g/mol. The summed E-state index contributed by atoms with van der Waals surface area (Å²) < 4.78 is 22.1. The Morgan fingerprint density at radius 2 is 1.49 bits per heavy atom. The van der Waals surface area contributed by atoms with Crippen LogP contribution in [-0.4, -0.2) is 56.7 Å². The molecule has 0 spiro atoms. The number of benzene rings is 3. The molecule has 2 amide bonds. The third kappa shape index (κ3) is 5.48. The summed E-state index contributed by atoms with van der Waals surface area (Å²) in [7, 11) is 4.59. The van der Waals surface area contributed by atoms with E-state index in [0.29, 0.717) is 40.7 Å². The van der Waals surface area contributed by atoms with Gasteiger partial charge in [0.25, 0.3) is 5.91 Å². The summed E-state index contributed by atoms with van der Waals surface area (Å²) in [6.45, 7) is 0.255. The monoisotopic (exact) mass is 476 g/mol. The minimum absolute atomic E-state index is 0.255. The van der Waals surface area contributed by atoms with Crippen molar-refractivity contribution in [3.05, 3.63) is 78.4 Å². The molecule has 182 valence electrons. The van der Waals surface area contributed by atoms with E-state index in [2.05, 4.69) is 5.32 Å². The third-order valence-electron chi connectivity index (χ3n) is 5.83. The van der Waals surface area contributed by atoms with E-state index < -0.39 is 6.04 Å². The Bertz CT molecular complexity index is 1160. The maximum atomic E-state index is 13.6. The molecule has 35 heavy (non-hydrogen) atoms. The molecule has 8 nitrogen and oxygen atoms in total. The van der Waals surface area contributed by atoms with Crippen LogP contribution in [0.2, 0.25) is 0 Å². The largest absolute Gasteiger partial charge is 0.497 e. The maximum absolute atomic E-state index is 13.6. The Balaban J connectivity index is 1.60. The Hall–Kier alpha value is -4.20. The van der Waals surface area contributed by atoms with Crippen LogP contribution in [-0.2, 0) is 4.79 Å². The number of methoxy groups -OCH3 is 3. The van der Waals surface area contributed by atoms with E-state index in [-0.39, 0.29) is 24.5 Å². The van der Waals surface area contributed by atoms with Crippen LogP contribution < -0.4 is 24.3 Å². The molecule has 0 radical (unpaired) electrons. The fraction of sp³-hybridized carbons (Fsp3) is 0.259. The number of carbonyl (C=O) groups excluding carboxylic acids is 2. The van der Waals surface area contributed by atoms with Gasteiger partial charge in [-0.3, -0.25) is 9.59 Å². The number of rotatable bonds is 8. The quantitative estimate of drug-likeness (QED) is 0.529. The number of ether oxygens (including phenoxy) is 4. The molecule has 1 N–H and O–H groups in total. The normalized spacial score (nSPS) is 16.9. The molecule has 1 heterocycles. The fourth-order valence-electron chi connectivity index (χ4n) is 4.13. The van der Waals surface area contributed by atoms with Crippen molar-refractivity contribution in [2.24, 2.45) is 0 Å². The summed E-state index contributed by atoms with van der Waals surface area (Å²) in [5.74, 6) is 1.58. The Kier molecular flexibility index (Phi) is 7.40. The highest BCUT2D eigenvalue weighted by atomic mass is 16.5. The molecule has 0 aliphatic carbocycles. The van der Waals surface area contributed by atoms with Gasteiger partial charge in [0, 0.05) is 30.3 Å². The second kappa shape index (κ2) is 10.8. The summed E-state index contributed by atoms with van der Waals surface area (Å²) in [4.78, 5) is 28.5. The minimum Gasteiger partial charge on any atom is -0.497 e. The number of anilines is 1. The van der Waals surface area contributed by atoms with Gasteiger partial charge < -0.3 is 29.2 Å². The Morgan fingerprint density at radius 3 is 2.14 bits per heavy atom. The molecule has 8 heteroatoms. The first-order valence-corrected chi connectivity index (χ1v) is 11.2. The highest BCUT2D eigenvalue weighted by molar-refractivity contribution is 6.03. The van der Waals surface area contributed by atoms with Crippen LogP contribution in [0.1, 0.15) is 16.8 Å². The number of hydrogen-bond acceptors (Lipinski definition) is 6. The molecule has 3 aromatic carbocycles. The first-order chi connectivity index (χ1) is 17.0. The van der Waals surface area contributed by atoms with Gasteiger partial charge in [0.15, 0.2) is 0 Å². The van der Waals surface area contributed by atoms with Gasteiger partial charge in [-0.1, -0.05) is 30.3 Å². The molecule has 1 aliphatic rings. The zero-order valence-electron chi connectivity index (χ0n) is 19.9. The number of hydrogen-bond donors (Lipinski definition) is 1. The number of likely N-dealkylation sites (tertiary alicyclic amines) is 1. The summed E-state index contributed by atoms with van der Waals surface area (Å²) in [5, 5.41) is 2.90. The van der Waals surface area contributed by atoms with Crippen LogP contribution in [0.5, 0.6) is 23.0 Å². The molecule has 4 rings (SSSR count). The van der Waals surface area contributed by atoms with Crippen molar-refractivity contribution in [2.75, 3.05) is 33.2 Å². The minimum atomic E-state index is -0.752. The fourth-order valence-corrected chi connectivity index (χ4v) is 4.13. The summed E-state index contributed by atoms with van der Waals surface area (Å²) in [6, 6.07) is 20.7. The molecule has 2 unspecified atom stereocenters. The zero-order chi connectivity index (χ0) is 24.8. The highest BCUT2D eigenvalue weighted by Crippen LogP contribution is 2.30. The SMILES string of the molecule is COc1cc(NC(=O)C2CC(Oc3ccccc3)CN2C(=O)c2ccccc2OC)cc(OC)c1. The molecule has 2 atom stereocenters. The van der Waals surface area contributed by atoms with Gasteiger partial charge in [-0.25, -0.2) is 0 Å². The average Bonchev–Trinajstić information content (AvgIpc) is 3.32. The van der Waals surface area contributed by atoms with Gasteiger partial charge in [-0.2, -0.15) is 0 Å². The first-order valence-electron chi connectivity index (χ1n) is 11.2. The number of nitrogens with zero attached hydrogens (tertiary/aromatic N) is 1. The molecule has 0 bridgehead atoms. The Morgan fingerprint density at radius 1 is 0.829 bits per heavy atom. The second-order valence-corrected chi connectivity index (χ2v) is 8.05. The molecule has 0 saturated carbocycles. The van der Waals surface area contributed by atoms with Gasteiger partial charge in [-0.15, -0.1) is 0 Å². The number of carbonyl (C=O) groups is 2. The first kappa shape index (κ1) is 23.9. The summed E-state index contributed by atoms with van der Waals surface area (Å²) in [5.41, 5.74) is 0.888. The van der Waals surface area contributed by atoms with Crippen LogP contribution in [0.15, 0.2) is 72.8 Å². The van der Waals surface area contributed by atoms with Crippen molar-refractivity contribution in [1.82, 2.24) is 4.90 Å². The van der Waals surface area contributed by atoms with Gasteiger partial charge in [0.05, 0.1) is 33.4 Å². The highest BCUT2D eigenvalue weighted by Gasteiger charge is 2.41. The lowest BCUT2D eigenvalue weighted by molar-refractivity contribution is -0.119. The van der Waals surface area contributed by atoms with Crippen molar-refractivity contribution >= 4 is 17.5 Å². The van der Waals surface area contributed by atoms with Gasteiger partial charge >= 0.3 is 0 Å². The smallest absolute Gasteiger partial charge is 0.258 e. The maximum Gasteiger partial charge on any atom is 0.258 e. The van der Waals surface area contributed by atoms with Crippen molar-refractivity contribution < 1.29 is 28.5 Å². The van der Waals surface area contributed by atoms with Crippen LogP contribution in [0.3, 0.4) is 0 Å². The number of amides is 2. The number of para-hydroxylation sites is 2. The predicted octanol–water partition coefficient (Wildman–Crippen LogP) is 4.01. The molecule has 0 aromatic heterocycles. The van der Waals surface area contributed by atoms with Crippen LogP contribution in [0.25, 0.3) is 0 Å². The average molecular weight is 477 g/mol. The van der Waals surface area contributed by atoms with Crippen LogP contribution in [0, 0.1) is 0 Å². The second-order valence-electron chi connectivity index (χ2n) is 8.05. The van der Waals surface area contributed by atoms with Gasteiger partial charge in [0.1, 0.15) is 35.1 Å². The molecule has 3 aromatic rings. The lowest BCUT2D eigenvalue weighted by Gasteiger charge is -2.24. The topological polar surface area (TPSA) is 86.3 Å². The van der Waals surface area contributed by atoms with Gasteiger partial charge in [-0.05, 0) is 24.3 Å². The molecule has 1 fully saturated rings. The number of nitrogens with one attached hydrogen (secondary N) is 1. The Labute approximate surface area is 204 Å². The van der Waals surface area contributed by atoms with Crippen LogP contribution >= 0.6 is 0 Å². The lowest BCUT2D eigenvalue weighted by Crippen LogP contribution is -2.43. The lowest BCUT2D eigenvalue weighted by atomic mass is 10.1. The van der Waals surface area contributed by atoms with Gasteiger partial charge in [0.2, 0.25) is 5.91 Å². The molecular formula is C27H28N2O6. The van der Waals surface area contributed by atoms with Crippen LogP contribution in [0.4, 0.5) is 5.69 Å². The van der Waals surface area contributed by atoms with E-state index in [9.17, 15) is 9.59 Å². The van der Waals surface area contributed by atoms with E-state index in [1.807, 2.05) is 30.3 Å². The zero-order valence-corrected chi connectivity index (χ0v) is 19.9. The molecule has 1 saturated heterocycles. The van der Waals surface area contributed by atoms with E-state index in [1.54, 1.807) is 42.5 Å². The van der Waals surface area contributed by atoms with Crippen molar-refractivity contribution in [3.63, 3.8) is 0 Å². The predicted molar refractivity (Wildman–Crippen MR) is 131 cm³/mol. The van der Waals surface area contributed by atoms with E-state index in [4.69, 9.17) is 18.9 Å². The van der Waals surface area contributed by atoms with Crippen molar-refractivity contribution in [3.8, 4) is 23.0 Å². The van der Waals surface area contributed by atoms with Crippen molar-refractivity contribution in [2.45, 2.75) is 18.6 Å². The summed E-state index contributed by atoms with van der Waals surface area (Å²) in [6.07, 6.45) is -0.0189. The third-order valence-corrected chi connectivity index (χ3v) is 5.83. The van der Waals surface area contributed by atoms with Crippen molar-refractivity contribution in [1.29, 1.82) is 0 Å². The van der Waals surface area contributed by atoms with E-state index in [1.165, 1.54) is 26.2 Å². The van der Waals surface area contributed by atoms with E-state index >= 15 is 0 Å².